The van der Waals surface area contributed by atoms with Gasteiger partial charge in [-0.05, 0) is 76.0 Å². The first-order valence-electron chi connectivity index (χ1n) is 9.94. The summed E-state index contributed by atoms with van der Waals surface area (Å²) in [5.74, 6) is 0.921. The van der Waals surface area contributed by atoms with Gasteiger partial charge in [-0.3, -0.25) is 4.79 Å². The molecule has 0 N–H and O–H groups in total. The van der Waals surface area contributed by atoms with E-state index in [0.29, 0.717) is 31.2 Å². The molecule has 0 aromatic carbocycles. The number of rotatable bonds is 8. The van der Waals surface area contributed by atoms with Crippen LogP contribution in [0.5, 0.6) is 0 Å². The largest absolute Gasteiger partial charge is 0.508 e. The molecule has 6 nitrogen and oxygen atoms in total. The number of ether oxygens (including phenoxy) is 4. The molecular weight excluding hydrogens is 336 g/mol. The molecule has 0 aromatic heterocycles. The van der Waals surface area contributed by atoms with E-state index in [9.17, 15) is 9.59 Å². The van der Waals surface area contributed by atoms with Crippen molar-refractivity contribution in [2.75, 3.05) is 13.2 Å². The molecule has 26 heavy (non-hydrogen) atoms. The third kappa shape index (κ3) is 7.85. The molecule has 2 rings (SSSR count). The van der Waals surface area contributed by atoms with Gasteiger partial charge < -0.3 is 14.2 Å². The minimum Gasteiger partial charge on any atom is -0.463 e. The third-order valence-electron chi connectivity index (χ3n) is 5.65. The second kappa shape index (κ2) is 11.3. The smallest absolute Gasteiger partial charge is 0.463 e. The number of esters is 1. The fourth-order valence-corrected chi connectivity index (χ4v) is 4.02. The lowest BCUT2D eigenvalue weighted by Gasteiger charge is -2.27. The van der Waals surface area contributed by atoms with Crippen LogP contribution >= 0.6 is 0 Å². The van der Waals surface area contributed by atoms with Crippen molar-refractivity contribution in [2.45, 2.75) is 83.3 Å². The van der Waals surface area contributed by atoms with Crippen LogP contribution in [0.2, 0.25) is 0 Å². The Kier molecular flexibility index (Phi) is 9.09. The third-order valence-corrected chi connectivity index (χ3v) is 5.65. The van der Waals surface area contributed by atoms with E-state index in [-0.39, 0.29) is 12.1 Å². The highest BCUT2D eigenvalue weighted by Crippen LogP contribution is 2.29. The summed E-state index contributed by atoms with van der Waals surface area (Å²) in [6.07, 6.45) is 9.63. The summed E-state index contributed by atoms with van der Waals surface area (Å²) in [6, 6.07) is 0. The number of carbonyl (C=O) groups excluding carboxylic acids is 2. The molecule has 0 heterocycles. The van der Waals surface area contributed by atoms with Crippen molar-refractivity contribution in [2.24, 2.45) is 11.8 Å². The molecule has 6 heteroatoms. The second-order valence-corrected chi connectivity index (χ2v) is 7.59. The Morgan fingerprint density at radius 1 is 0.808 bits per heavy atom. The molecule has 0 aromatic rings. The van der Waals surface area contributed by atoms with Gasteiger partial charge >= 0.3 is 12.1 Å². The van der Waals surface area contributed by atoms with Gasteiger partial charge in [0, 0.05) is 6.92 Å². The maximum atomic E-state index is 11.7. The van der Waals surface area contributed by atoms with Crippen LogP contribution in [0, 0.1) is 18.9 Å². The van der Waals surface area contributed by atoms with Crippen LogP contribution in [0.3, 0.4) is 0 Å². The van der Waals surface area contributed by atoms with Crippen LogP contribution in [0.1, 0.15) is 71.1 Å². The van der Waals surface area contributed by atoms with Crippen LogP contribution in [0.15, 0.2) is 0 Å². The Labute approximate surface area is 156 Å². The van der Waals surface area contributed by atoms with E-state index in [4.69, 9.17) is 18.9 Å². The van der Waals surface area contributed by atoms with Crippen molar-refractivity contribution in [3.05, 3.63) is 7.11 Å². The topological polar surface area (TPSA) is 71.1 Å². The maximum Gasteiger partial charge on any atom is 0.508 e. The summed E-state index contributed by atoms with van der Waals surface area (Å²) in [6.45, 7) is 2.27. The molecule has 2 saturated carbocycles. The monoisotopic (exact) mass is 369 g/mol. The molecule has 0 spiro atoms. The molecule has 2 fully saturated rings. The van der Waals surface area contributed by atoms with E-state index in [1.807, 2.05) is 0 Å². The first-order chi connectivity index (χ1) is 12.6. The highest BCUT2D eigenvalue weighted by Gasteiger charge is 2.24. The van der Waals surface area contributed by atoms with Crippen molar-refractivity contribution in [1.29, 1.82) is 0 Å². The van der Waals surface area contributed by atoms with Gasteiger partial charge in [-0.25, -0.2) is 4.79 Å². The summed E-state index contributed by atoms with van der Waals surface area (Å²) < 4.78 is 20.7. The summed E-state index contributed by atoms with van der Waals surface area (Å²) in [7, 11) is 3.49. The fraction of sp³-hybridized carbons (Fsp3) is 0.850. The Morgan fingerprint density at radius 2 is 1.27 bits per heavy atom. The average molecular weight is 369 g/mol. The van der Waals surface area contributed by atoms with Gasteiger partial charge in [-0.2, -0.15) is 4.74 Å². The average Bonchev–Trinajstić information content (AvgIpc) is 2.63. The molecular formula is C20H33O6+. The SMILES string of the molecule is [CH2+]OC1CCC(CCOC(=O)OCCC2CCC(OC(C)=O)CC2)CC1. The minimum absolute atomic E-state index is 0.0600. The Bertz CT molecular complexity index is 422. The number of carbonyl (C=O) groups is 2. The number of hydrogen-bond acceptors (Lipinski definition) is 6. The fourth-order valence-electron chi connectivity index (χ4n) is 4.02. The summed E-state index contributed by atoms with van der Waals surface area (Å²) in [4.78, 5) is 22.6. The van der Waals surface area contributed by atoms with Crippen LogP contribution < -0.4 is 0 Å². The predicted octanol–water partition coefficient (Wildman–Crippen LogP) is 4.41. The Hall–Kier alpha value is -1.43. The molecule has 0 aliphatic heterocycles. The standard InChI is InChI=1S/C20H33O6/c1-15(21)26-19-9-5-17(6-10-19)12-14-25-20(22)24-13-11-16-3-7-18(23-2)8-4-16/h16-19H,2-14H2,1H3/q+1. The molecule has 0 radical (unpaired) electrons. The Balaban J connectivity index is 1.46. The van der Waals surface area contributed by atoms with Crippen molar-refractivity contribution < 1.29 is 28.5 Å². The van der Waals surface area contributed by atoms with Crippen molar-refractivity contribution in [3.63, 3.8) is 0 Å². The first kappa shape index (κ1) is 20.9. The highest BCUT2D eigenvalue weighted by molar-refractivity contribution is 5.66. The normalized spacial score (nSPS) is 29.0. The zero-order valence-corrected chi connectivity index (χ0v) is 16.0. The summed E-state index contributed by atoms with van der Waals surface area (Å²) in [5, 5.41) is 0. The van der Waals surface area contributed by atoms with Gasteiger partial charge in [0.25, 0.3) is 0 Å². The zero-order valence-electron chi connectivity index (χ0n) is 16.0. The number of hydrogen-bond donors (Lipinski definition) is 0. The molecule has 0 unspecified atom stereocenters. The minimum atomic E-state index is -0.562. The van der Waals surface area contributed by atoms with Gasteiger partial charge in [-0.15, -0.1) is 0 Å². The van der Waals surface area contributed by atoms with Gasteiger partial charge in [-0.1, -0.05) is 0 Å². The Morgan fingerprint density at radius 3 is 1.69 bits per heavy atom. The molecule has 0 atom stereocenters. The van der Waals surface area contributed by atoms with E-state index < -0.39 is 6.16 Å². The van der Waals surface area contributed by atoms with Crippen LogP contribution in [-0.4, -0.2) is 37.5 Å². The zero-order chi connectivity index (χ0) is 18.8. The molecule has 0 saturated heterocycles. The summed E-state index contributed by atoms with van der Waals surface area (Å²) in [5.41, 5.74) is 0. The van der Waals surface area contributed by atoms with Crippen molar-refractivity contribution in [3.8, 4) is 0 Å². The van der Waals surface area contributed by atoms with Crippen LogP contribution in [0.25, 0.3) is 0 Å². The van der Waals surface area contributed by atoms with E-state index in [2.05, 4.69) is 7.11 Å². The van der Waals surface area contributed by atoms with Crippen LogP contribution in [-0.2, 0) is 23.7 Å². The lowest BCUT2D eigenvalue weighted by Crippen LogP contribution is -2.24. The van der Waals surface area contributed by atoms with E-state index >= 15 is 0 Å². The predicted molar refractivity (Wildman–Crippen MR) is 96.2 cm³/mol. The molecule has 0 bridgehead atoms. The maximum absolute atomic E-state index is 11.7. The summed E-state index contributed by atoms with van der Waals surface area (Å²) >= 11 is 0. The molecule has 2 aliphatic carbocycles. The van der Waals surface area contributed by atoms with E-state index in [0.717, 1.165) is 64.2 Å². The van der Waals surface area contributed by atoms with Gasteiger partial charge in [0.05, 0.1) is 13.2 Å². The van der Waals surface area contributed by atoms with E-state index in [1.165, 1.54) is 6.92 Å². The second-order valence-electron chi connectivity index (χ2n) is 7.59. The van der Waals surface area contributed by atoms with Gasteiger partial charge in [0.1, 0.15) is 12.2 Å². The van der Waals surface area contributed by atoms with Crippen molar-refractivity contribution in [1.82, 2.24) is 0 Å². The lowest BCUT2D eigenvalue weighted by molar-refractivity contribution is -0.148. The molecule has 0 amide bonds. The lowest BCUT2D eigenvalue weighted by atomic mass is 9.85. The van der Waals surface area contributed by atoms with Crippen LogP contribution in [0.4, 0.5) is 4.79 Å². The van der Waals surface area contributed by atoms with Gasteiger partial charge in [0.15, 0.2) is 0 Å². The first-order valence-corrected chi connectivity index (χ1v) is 9.94. The van der Waals surface area contributed by atoms with Crippen molar-refractivity contribution >= 4 is 12.1 Å². The quantitative estimate of drug-likeness (QED) is 0.466. The van der Waals surface area contributed by atoms with Gasteiger partial charge in [0.2, 0.25) is 7.11 Å². The molecule has 148 valence electrons. The van der Waals surface area contributed by atoms with E-state index in [1.54, 1.807) is 0 Å². The highest BCUT2D eigenvalue weighted by atomic mass is 16.7. The molecule has 2 aliphatic rings.